The summed E-state index contributed by atoms with van der Waals surface area (Å²) in [5, 5.41) is 16.3. The Kier molecular flexibility index (Phi) is 11.0. The normalized spacial score (nSPS) is 11.6. The van der Waals surface area contributed by atoms with Crippen molar-refractivity contribution in [3.8, 4) is 5.69 Å². The highest BCUT2D eigenvalue weighted by molar-refractivity contribution is 8.00. The molecule has 0 aliphatic heterocycles. The van der Waals surface area contributed by atoms with E-state index in [1.807, 2.05) is 11.4 Å². The summed E-state index contributed by atoms with van der Waals surface area (Å²) in [6, 6.07) is 10.5. The zero-order valence-electron chi connectivity index (χ0n) is 23.6. The first kappa shape index (κ1) is 32.2. The Morgan fingerprint density at radius 2 is 1.81 bits per heavy atom. The maximum absolute atomic E-state index is 13.4. The molecule has 15 heteroatoms. The van der Waals surface area contributed by atoms with Gasteiger partial charge >= 0.3 is 11.9 Å². The number of thiophene rings is 2. The Labute approximate surface area is 264 Å². The third kappa shape index (κ3) is 7.63. The second-order valence-electron chi connectivity index (χ2n) is 8.82. The van der Waals surface area contributed by atoms with Gasteiger partial charge in [0.1, 0.15) is 9.88 Å². The summed E-state index contributed by atoms with van der Waals surface area (Å²) in [5.74, 6) is -1.51. The lowest BCUT2D eigenvalue weighted by Gasteiger charge is -2.14. The lowest BCUT2D eigenvalue weighted by molar-refractivity contribution is -0.115. The first-order chi connectivity index (χ1) is 20.6. The van der Waals surface area contributed by atoms with E-state index in [0.29, 0.717) is 32.1 Å². The minimum atomic E-state index is -0.723. The topological polar surface area (TPSA) is 142 Å². The number of carbonyl (C=O) groups is 4. The Morgan fingerprint density at radius 1 is 1.07 bits per heavy atom. The number of carbonyl (C=O) groups excluding carboxylic acids is 4. The largest absolute Gasteiger partial charge is 0.462 e. The van der Waals surface area contributed by atoms with Crippen LogP contribution in [0.25, 0.3) is 5.69 Å². The molecule has 4 aromatic rings. The predicted octanol–water partition coefficient (Wildman–Crippen LogP) is 5.75. The molecule has 226 valence electrons. The number of nitrogens with zero attached hydrogens (tertiary/aromatic N) is 3. The first-order valence-corrected chi connectivity index (χ1v) is 16.1. The van der Waals surface area contributed by atoms with E-state index in [9.17, 15) is 19.2 Å². The lowest BCUT2D eigenvalue weighted by Crippen LogP contribution is -2.25. The van der Waals surface area contributed by atoms with Crippen LogP contribution in [-0.2, 0) is 20.8 Å². The van der Waals surface area contributed by atoms with Gasteiger partial charge in [-0.2, -0.15) is 0 Å². The Balaban J connectivity index is 1.59. The van der Waals surface area contributed by atoms with Gasteiger partial charge in [-0.25, -0.2) is 9.59 Å². The Hall–Kier alpha value is -3.72. The van der Waals surface area contributed by atoms with Crippen LogP contribution >= 0.6 is 46.0 Å². The highest BCUT2D eigenvalue weighted by Crippen LogP contribution is 2.35. The summed E-state index contributed by atoms with van der Waals surface area (Å²) >= 11 is 9.66. The molecule has 4 rings (SSSR count). The molecule has 3 aromatic heterocycles. The standard InChI is InChI=1S/C28H28ClN5O6S3/c1-5-39-26(37)21-15(3)22(27(38)40-6-2)43-25(21)31-23(35)16(4)42-28-33-32-20(14-30-24(36)19-11-8-12-41-19)34(28)18-10-7-9-17(29)13-18/h7-13,16H,5-6,14H2,1-4H3,(H,30,36)(H,31,35)/t16-/m0/s1. The van der Waals surface area contributed by atoms with Gasteiger partial charge in [-0.1, -0.05) is 35.5 Å². The molecule has 0 spiro atoms. The molecule has 1 atom stereocenters. The number of anilines is 1. The van der Waals surface area contributed by atoms with Crippen molar-refractivity contribution >= 4 is 74.8 Å². The SMILES string of the molecule is CCOC(=O)c1sc(NC(=O)[C@H](C)Sc2nnc(CNC(=O)c3cccs3)n2-c2cccc(Cl)c2)c(C(=O)OCC)c1C. The monoisotopic (exact) mass is 661 g/mol. The number of halogens is 1. The molecule has 0 unspecified atom stereocenters. The van der Waals surface area contributed by atoms with Gasteiger partial charge in [-0.15, -0.1) is 32.9 Å². The van der Waals surface area contributed by atoms with Crippen LogP contribution in [0.5, 0.6) is 0 Å². The minimum Gasteiger partial charge on any atom is -0.462 e. The summed E-state index contributed by atoms with van der Waals surface area (Å²) in [4.78, 5) is 52.0. The van der Waals surface area contributed by atoms with Gasteiger partial charge in [0, 0.05) is 5.02 Å². The zero-order valence-corrected chi connectivity index (χ0v) is 26.8. The molecule has 0 saturated carbocycles. The summed E-state index contributed by atoms with van der Waals surface area (Å²) < 4.78 is 12.0. The summed E-state index contributed by atoms with van der Waals surface area (Å²) in [6.45, 7) is 6.98. The van der Waals surface area contributed by atoms with Crippen molar-refractivity contribution in [1.82, 2.24) is 20.1 Å². The van der Waals surface area contributed by atoms with E-state index >= 15 is 0 Å². The van der Waals surface area contributed by atoms with E-state index in [-0.39, 0.29) is 41.1 Å². The Morgan fingerprint density at radius 3 is 2.49 bits per heavy atom. The van der Waals surface area contributed by atoms with Crippen LogP contribution in [0.15, 0.2) is 46.9 Å². The molecular formula is C28H28ClN5O6S3. The highest BCUT2D eigenvalue weighted by Gasteiger charge is 2.29. The fourth-order valence-electron chi connectivity index (χ4n) is 3.89. The van der Waals surface area contributed by atoms with Crippen molar-refractivity contribution in [2.45, 2.75) is 44.6 Å². The van der Waals surface area contributed by atoms with Gasteiger partial charge in [0.2, 0.25) is 5.91 Å². The van der Waals surface area contributed by atoms with Crippen LogP contribution < -0.4 is 10.6 Å². The number of hydrogen-bond donors (Lipinski definition) is 2. The molecule has 11 nitrogen and oxygen atoms in total. The average Bonchev–Trinajstić information content (AvgIpc) is 3.71. The number of thioether (sulfide) groups is 1. The van der Waals surface area contributed by atoms with Crippen LogP contribution in [-0.4, -0.2) is 57.0 Å². The Bertz CT molecular complexity index is 1640. The van der Waals surface area contributed by atoms with Crippen molar-refractivity contribution in [1.29, 1.82) is 0 Å². The molecule has 2 amide bonds. The fraction of sp³-hybridized carbons (Fsp3) is 0.286. The van der Waals surface area contributed by atoms with Gasteiger partial charge in [0.05, 0.1) is 41.1 Å². The van der Waals surface area contributed by atoms with Crippen LogP contribution in [0.2, 0.25) is 5.02 Å². The molecule has 0 aliphatic carbocycles. The molecule has 43 heavy (non-hydrogen) atoms. The number of ether oxygens (including phenoxy) is 2. The van der Waals surface area contributed by atoms with Gasteiger partial charge in [-0.3, -0.25) is 14.2 Å². The highest BCUT2D eigenvalue weighted by atomic mass is 35.5. The molecule has 0 fully saturated rings. The molecule has 3 heterocycles. The van der Waals surface area contributed by atoms with E-state index in [4.69, 9.17) is 21.1 Å². The van der Waals surface area contributed by atoms with Crippen LogP contribution in [0.3, 0.4) is 0 Å². The smallest absolute Gasteiger partial charge is 0.348 e. The van der Waals surface area contributed by atoms with Gasteiger partial charge in [0.15, 0.2) is 11.0 Å². The molecule has 0 radical (unpaired) electrons. The third-order valence-corrected chi connectivity index (χ3v) is 9.23. The average molecular weight is 662 g/mol. The number of amides is 2. The molecule has 0 aliphatic rings. The van der Waals surface area contributed by atoms with Gasteiger partial charge in [0.25, 0.3) is 5.91 Å². The summed E-state index contributed by atoms with van der Waals surface area (Å²) in [6.07, 6.45) is 0. The maximum atomic E-state index is 13.4. The van der Waals surface area contributed by atoms with E-state index in [2.05, 4.69) is 20.8 Å². The van der Waals surface area contributed by atoms with Crippen molar-refractivity contribution in [3.63, 3.8) is 0 Å². The zero-order chi connectivity index (χ0) is 31.1. The van der Waals surface area contributed by atoms with Crippen LogP contribution in [0, 0.1) is 6.92 Å². The number of aromatic nitrogens is 3. The second-order valence-corrected chi connectivity index (χ2v) is 12.5. The predicted molar refractivity (Wildman–Crippen MR) is 167 cm³/mol. The summed E-state index contributed by atoms with van der Waals surface area (Å²) in [5.41, 5.74) is 1.12. The molecule has 0 saturated heterocycles. The number of rotatable bonds is 12. The molecule has 2 N–H and O–H groups in total. The van der Waals surface area contributed by atoms with E-state index in [1.54, 1.807) is 62.6 Å². The summed E-state index contributed by atoms with van der Waals surface area (Å²) in [7, 11) is 0. The van der Waals surface area contributed by atoms with E-state index in [0.717, 1.165) is 23.1 Å². The van der Waals surface area contributed by atoms with Crippen molar-refractivity contribution in [3.05, 3.63) is 73.5 Å². The first-order valence-electron chi connectivity index (χ1n) is 13.1. The minimum absolute atomic E-state index is 0.0748. The van der Waals surface area contributed by atoms with Crippen LogP contribution in [0.4, 0.5) is 5.00 Å². The van der Waals surface area contributed by atoms with Crippen LogP contribution in [0.1, 0.15) is 61.9 Å². The van der Waals surface area contributed by atoms with E-state index < -0.39 is 23.1 Å². The number of nitrogens with one attached hydrogen (secondary N) is 2. The van der Waals surface area contributed by atoms with E-state index in [1.165, 1.54) is 11.3 Å². The number of benzene rings is 1. The van der Waals surface area contributed by atoms with Crippen molar-refractivity contribution in [2.24, 2.45) is 0 Å². The van der Waals surface area contributed by atoms with Crippen molar-refractivity contribution in [2.75, 3.05) is 18.5 Å². The fourth-order valence-corrected chi connectivity index (χ4v) is 6.69. The second kappa shape index (κ2) is 14.6. The molecular weight excluding hydrogens is 634 g/mol. The quantitative estimate of drug-likeness (QED) is 0.143. The van der Waals surface area contributed by atoms with Gasteiger partial charge in [-0.05, 0) is 62.9 Å². The molecule has 0 bridgehead atoms. The third-order valence-electron chi connectivity index (χ3n) is 5.89. The van der Waals surface area contributed by atoms with Gasteiger partial charge < -0.3 is 20.1 Å². The number of hydrogen-bond acceptors (Lipinski definition) is 11. The number of esters is 2. The van der Waals surface area contributed by atoms with Crippen molar-refractivity contribution < 1.29 is 28.7 Å². The molecule has 1 aromatic carbocycles. The maximum Gasteiger partial charge on any atom is 0.348 e. The lowest BCUT2D eigenvalue weighted by atomic mass is 10.1.